The van der Waals surface area contributed by atoms with Crippen LogP contribution in [0.5, 0.6) is 0 Å². The fourth-order valence-corrected chi connectivity index (χ4v) is 3.15. The van der Waals surface area contributed by atoms with E-state index in [2.05, 4.69) is 25.1 Å². The largest absolute Gasteiger partial charge is 0.395 e. The van der Waals surface area contributed by atoms with Gasteiger partial charge in [-0.05, 0) is 41.1 Å². The Balaban J connectivity index is 1.75. The summed E-state index contributed by atoms with van der Waals surface area (Å²) in [5, 5.41) is 21.0. The zero-order chi connectivity index (χ0) is 17.7. The topological polar surface area (TPSA) is 123 Å². The number of hydrogen-bond acceptors (Lipinski definition) is 7. The summed E-state index contributed by atoms with van der Waals surface area (Å²) in [5.41, 5.74) is 1.60. The minimum atomic E-state index is -3.64. The molecule has 0 aliphatic heterocycles. The molecule has 25 heavy (non-hydrogen) atoms. The second kappa shape index (κ2) is 7.47. The number of sulfonamides is 1. The van der Waals surface area contributed by atoms with E-state index in [0.29, 0.717) is 17.9 Å². The van der Waals surface area contributed by atoms with Crippen molar-refractivity contribution in [3.05, 3.63) is 54.4 Å². The molecule has 2 heterocycles. The van der Waals surface area contributed by atoms with Crippen molar-refractivity contribution in [3.63, 3.8) is 0 Å². The fraction of sp³-hybridized carbons (Fsp3) is 0.200. The van der Waals surface area contributed by atoms with E-state index in [1.54, 1.807) is 24.5 Å². The van der Waals surface area contributed by atoms with E-state index in [9.17, 15) is 8.42 Å². The van der Waals surface area contributed by atoms with Crippen molar-refractivity contribution in [2.75, 3.05) is 13.2 Å². The predicted molar refractivity (Wildman–Crippen MR) is 88.9 cm³/mol. The second-order valence-corrected chi connectivity index (χ2v) is 6.92. The van der Waals surface area contributed by atoms with Crippen LogP contribution in [0.15, 0.2) is 53.7 Å². The number of aromatic nitrogens is 5. The quantitative estimate of drug-likeness (QED) is 0.610. The van der Waals surface area contributed by atoms with Crippen LogP contribution in [0.1, 0.15) is 5.56 Å². The van der Waals surface area contributed by atoms with E-state index in [-0.39, 0.29) is 18.0 Å². The number of benzene rings is 1. The number of tetrazole rings is 1. The average Bonchev–Trinajstić information content (AvgIpc) is 3.09. The van der Waals surface area contributed by atoms with Gasteiger partial charge in [-0.1, -0.05) is 6.07 Å². The molecule has 0 saturated heterocycles. The molecule has 0 bridgehead atoms. The summed E-state index contributed by atoms with van der Waals surface area (Å²) in [5.74, 6) is 0.399. The van der Waals surface area contributed by atoms with Crippen LogP contribution in [-0.2, 0) is 16.6 Å². The van der Waals surface area contributed by atoms with Crippen molar-refractivity contribution in [3.8, 4) is 11.4 Å². The zero-order valence-electron chi connectivity index (χ0n) is 13.1. The summed E-state index contributed by atoms with van der Waals surface area (Å²) in [7, 11) is -3.64. The Hall–Kier alpha value is -2.69. The molecule has 2 N–H and O–H groups in total. The van der Waals surface area contributed by atoms with Crippen LogP contribution in [0.25, 0.3) is 11.4 Å². The smallest absolute Gasteiger partial charge is 0.240 e. The van der Waals surface area contributed by atoms with Crippen molar-refractivity contribution in [1.82, 2.24) is 29.9 Å². The molecule has 0 fully saturated rings. The van der Waals surface area contributed by atoms with Crippen LogP contribution in [0, 0.1) is 0 Å². The van der Waals surface area contributed by atoms with Crippen LogP contribution in [0.4, 0.5) is 0 Å². The van der Waals surface area contributed by atoms with Crippen molar-refractivity contribution in [1.29, 1.82) is 0 Å². The normalized spacial score (nSPS) is 11.6. The summed E-state index contributed by atoms with van der Waals surface area (Å²) < 4.78 is 26.2. The molecule has 0 unspecified atom stereocenters. The third-order valence-electron chi connectivity index (χ3n) is 3.33. The van der Waals surface area contributed by atoms with E-state index in [0.717, 1.165) is 5.56 Å². The molecule has 0 spiro atoms. The third kappa shape index (κ3) is 4.24. The summed E-state index contributed by atoms with van der Waals surface area (Å²) in [6, 6.07) is 9.87. The number of aliphatic hydroxyl groups excluding tert-OH is 1. The average molecular weight is 360 g/mol. The number of pyridine rings is 1. The maximum absolute atomic E-state index is 12.0. The number of aliphatic hydroxyl groups is 1. The molecule has 0 aliphatic rings. The first-order valence-electron chi connectivity index (χ1n) is 7.46. The first-order valence-corrected chi connectivity index (χ1v) is 8.94. The maximum Gasteiger partial charge on any atom is 0.240 e. The van der Waals surface area contributed by atoms with Gasteiger partial charge in [0.25, 0.3) is 0 Å². The zero-order valence-corrected chi connectivity index (χ0v) is 14.0. The summed E-state index contributed by atoms with van der Waals surface area (Å²) in [6.45, 7) is 0.147. The van der Waals surface area contributed by atoms with Gasteiger partial charge in [0.1, 0.15) is 0 Å². The van der Waals surface area contributed by atoms with Crippen molar-refractivity contribution in [2.24, 2.45) is 0 Å². The fourth-order valence-electron chi connectivity index (χ4n) is 2.13. The Labute approximate surface area is 144 Å². The number of nitrogens with zero attached hydrogens (tertiary/aromatic N) is 5. The van der Waals surface area contributed by atoms with Gasteiger partial charge >= 0.3 is 0 Å². The van der Waals surface area contributed by atoms with Gasteiger partial charge in [0, 0.05) is 24.5 Å². The molecule has 3 aromatic rings. The highest BCUT2D eigenvalue weighted by atomic mass is 32.2. The summed E-state index contributed by atoms with van der Waals surface area (Å²) in [4.78, 5) is 5.58. The molecule has 2 aromatic heterocycles. The maximum atomic E-state index is 12.0. The Bertz CT molecular complexity index is 925. The van der Waals surface area contributed by atoms with Crippen LogP contribution in [0.2, 0.25) is 0 Å². The van der Waals surface area contributed by atoms with Crippen molar-refractivity contribution >= 4 is 10.0 Å². The van der Waals surface area contributed by atoms with E-state index < -0.39 is 10.0 Å². The molecule has 0 aliphatic carbocycles. The number of rotatable bonds is 7. The van der Waals surface area contributed by atoms with Crippen LogP contribution >= 0.6 is 0 Å². The van der Waals surface area contributed by atoms with E-state index >= 15 is 0 Å². The number of nitrogens with one attached hydrogen (secondary N) is 1. The van der Waals surface area contributed by atoms with Crippen LogP contribution < -0.4 is 4.72 Å². The minimum absolute atomic E-state index is 0.0334. The Morgan fingerprint density at radius 1 is 1.16 bits per heavy atom. The molecule has 0 amide bonds. The molecule has 10 heteroatoms. The molecule has 0 radical (unpaired) electrons. The van der Waals surface area contributed by atoms with Crippen LogP contribution in [-0.4, -0.2) is 51.9 Å². The highest BCUT2D eigenvalue weighted by Gasteiger charge is 2.14. The van der Waals surface area contributed by atoms with Gasteiger partial charge in [-0.15, -0.1) is 10.2 Å². The van der Waals surface area contributed by atoms with Crippen molar-refractivity contribution < 1.29 is 13.5 Å². The predicted octanol–water partition coefficient (Wildman–Crippen LogP) is 0.0540. The van der Waals surface area contributed by atoms with Gasteiger partial charge in [-0.3, -0.25) is 4.98 Å². The second-order valence-electron chi connectivity index (χ2n) is 5.15. The van der Waals surface area contributed by atoms with Gasteiger partial charge in [-0.2, -0.15) is 4.80 Å². The van der Waals surface area contributed by atoms with Crippen molar-refractivity contribution in [2.45, 2.75) is 11.4 Å². The Morgan fingerprint density at radius 2 is 1.96 bits per heavy atom. The molecule has 1 aromatic carbocycles. The SMILES string of the molecule is O=S(=O)(NCCO)c1ccc(-c2nnn(Cc3cccnc3)n2)cc1. The highest BCUT2D eigenvalue weighted by molar-refractivity contribution is 7.89. The minimum Gasteiger partial charge on any atom is -0.395 e. The monoisotopic (exact) mass is 360 g/mol. The van der Waals surface area contributed by atoms with Crippen LogP contribution in [0.3, 0.4) is 0 Å². The standard InChI is InChI=1S/C15H16N6O3S/c22-9-8-17-25(23,24)14-5-3-13(4-6-14)15-18-20-21(19-15)11-12-2-1-7-16-10-12/h1-7,10,17,22H,8-9,11H2. The molecule has 9 nitrogen and oxygen atoms in total. The molecule has 0 saturated carbocycles. The molecular weight excluding hydrogens is 344 g/mol. The first kappa shape index (κ1) is 17.1. The van der Waals surface area contributed by atoms with Gasteiger partial charge in [0.15, 0.2) is 0 Å². The highest BCUT2D eigenvalue weighted by Crippen LogP contribution is 2.17. The lowest BCUT2D eigenvalue weighted by atomic mass is 10.2. The van der Waals surface area contributed by atoms with E-state index in [4.69, 9.17) is 5.11 Å². The Morgan fingerprint density at radius 3 is 2.64 bits per heavy atom. The van der Waals surface area contributed by atoms with Gasteiger partial charge in [0.05, 0.1) is 18.0 Å². The number of hydrogen-bond donors (Lipinski definition) is 2. The van der Waals surface area contributed by atoms with Gasteiger partial charge < -0.3 is 5.11 Å². The molecule has 3 rings (SSSR count). The first-order chi connectivity index (χ1) is 12.1. The Kier molecular flexibility index (Phi) is 5.12. The lowest BCUT2D eigenvalue weighted by molar-refractivity contribution is 0.301. The lowest BCUT2D eigenvalue weighted by Gasteiger charge is -2.05. The van der Waals surface area contributed by atoms with Gasteiger partial charge in [0.2, 0.25) is 15.8 Å². The third-order valence-corrected chi connectivity index (χ3v) is 4.80. The summed E-state index contributed by atoms with van der Waals surface area (Å²) in [6.07, 6.45) is 3.41. The molecule has 0 atom stereocenters. The van der Waals surface area contributed by atoms with E-state index in [1.165, 1.54) is 16.9 Å². The molecular formula is C15H16N6O3S. The van der Waals surface area contributed by atoms with E-state index in [1.807, 2.05) is 12.1 Å². The molecule has 130 valence electrons. The van der Waals surface area contributed by atoms with Gasteiger partial charge in [-0.25, -0.2) is 13.1 Å². The lowest BCUT2D eigenvalue weighted by Crippen LogP contribution is -2.26. The summed E-state index contributed by atoms with van der Waals surface area (Å²) >= 11 is 0.